The number of nitrogens with one attached hydrogen (secondary N) is 2. The van der Waals surface area contributed by atoms with Crippen molar-refractivity contribution in [3.05, 3.63) is 52.2 Å². The smallest absolute Gasteiger partial charge is 0.252 e. The molecule has 2 rings (SSSR count). The minimum Gasteiger partial charge on any atom is -0.396 e. The molecule has 0 spiro atoms. The number of hydrogen-bond acceptors (Lipinski definition) is 4. The first-order chi connectivity index (χ1) is 10.2. The molecule has 0 bridgehead atoms. The van der Waals surface area contributed by atoms with Gasteiger partial charge in [-0.25, -0.2) is 0 Å². The van der Waals surface area contributed by atoms with E-state index in [1.165, 1.54) is 11.3 Å². The van der Waals surface area contributed by atoms with Gasteiger partial charge in [0.2, 0.25) is 5.91 Å². The van der Waals surface area contributed by atoms with Crippen LogP contribution in [0.1, 0.15) is 15.9 Å². The lowest BCUT2D eigenvalue weighted by atomic mass is 10.1. The number of anilines is 1. The van der Waals surface area contributed by atoms with Gasteiger partial charge in [0, 0.05) is 23.2 Å². The molecule has 0 aliphatic rings. The minimum absolute atomic E-state index is 0.0763. The maximum absolute atomic E-state index is 11.7. The molecule has 1 heterocycles. The molecule has 2 amide bonds. The molecule has 0 saturated heterocycles. The summed E-state index contributed by atoms with van der Waals surface area (Å²) in [4.78, 5) is 23.4. The first-order valence-corrected chi connectivity index (χ1v) is 7.43. The van der Waals surface area contributed by atoms with Crippen LogP contribution in [-0.2, 0) is 11.2 Å². The van der Waals surface area contributed by atoms with Gasteiger partial charge in [0.1, 0.15) is 0 Å². The van der Waals surface area contributed by atoms with Crippen LogP contribution in [0.2, 0.25) is 0 Å². The topological polar surface area (TPSA) is 78.4 Å². The van der Waals surface area contributed by atoms with E-state index in [1.807, 2.05) is 17.5 Å². The number of rotatable bonds is 6. The Balaban J connectivity index is 1.80. The maximum Gasteiger partial charge on any atom is 0.252 e. The number of aliphatic hydroxyl groups excluding tert-OH is 1. The number of aliphatic hydroxyl groups is 1. The average Bonchev–Trinajstić information content (AvgIpc) is 3.01. The fraction of sp³-hybridized carbons (Fsp3) is 0.200. The Kier molecular flexibility index (Phi) is 5.48. The molecule has 1 aromatic carbocycles. The van der Waals surface area contributed by atoms with Gasteiger partial charge in [-0.2, -0.15) is 11.3 Å². The molecule has 0 aliphatic heterocycles. The van der Waals surface area contributed by atoms with Crippen molar-refractivity contribution in [3.8, 4) is 0 Å². The molecule has 0 aliphatic carbocycles. The van der Waals surface area contributed by atoms with E-state index in [0.717, 1.165) is 5.56 Å². The standard InChI is InChI=1S/C15H16N2O3S/c18-7-5-11-1-3-13(4-2-11)17-14(19)9-16-15(20)12-6-8-21-10-12/h1-4,6,8,10,18H,5,7,9H2,(H,16,20)(H,17,19). The first-order valence-electron chi connectivity index (χ1n) is 6.49. The van der Waals surface area contributed by atoms with Gasteiger partial charge < -0.3 is 15.7 Å². The Labute approximate surface area is 126 Å². The molecule has 0 atom stereocenters. The van der Waals surface area contributed by atoms with Crippen molar-refractivity contribution in [2.24, 2.45) is 0 Å². The molecule has 0 unspecified atom stereocenters. The number of amides is 2. The second-order valence-corrected chi connectivity index (χ2v) is 5.19. The summed E-state index contributed by atoms with van der Waals surface area (Å²) in [5.74, 6) is -0.543. The first kappa shape index (κ1) is 15.2. The van der Waals surface area contributed by atoms with Gasteiger partial charge in [0.15, 0.2) is 0 Å². The van der Waals surface area contributed by atoms with E-state index in [0.29, 0.717) is 17.7 Å². The molecular formula is C15H16N2O3S. The number of hydrogen-bond donors (Lipinski definition) is 3. The van der Waals surface area contributed by atoms with Crippen molar-refractivity contribution >= 4 is 28.8 Å². The number of thiophene rings is 1. The monoisotopic (exact) mass is 304 g/mol. The summed E-state index contributed by atoms with van der Waals surface area (Å²) in [7, 11) is 0. The van der Waals surface area contributed by atoms with Gasteiger partial charge in [-0.15, -0.1) is 0 Å². The van der Waals surface area contributed by atoms with Gasteiger partial charge in [-0.3, -0.25) is 9.59 Å². The molecule has 110 valence electrons. The van der Waals surface area contributed by atoms with Crippen LogP contribution >= 0.6 is 11.3 Å². The third kappa shape index (κ3) is 4.70. The van der Waals surface area contributed by atoms with Crippen LogP contribution in [0.4, 0.5) is 5.69 Å². The highest BCUT2D eigenvalue weighted by atomic mass is 32.1. The van der Waals surface area contributed by atoms with Crippen molar-refractivity contribution < 1.29 is 14.7 Å². The second-order valence-electron chi connectivity index (χ2n) is 4.41. The Bertz CT molecular complexity index is 594. The summed E-state index contributed by atoms with van der Waals surface area (Å²) in [5.41, 5.74) is 2.22. The summed E-state index contributed by atoms with van der Waals surface area (Å²) in [6.07, 6.45) is 0.588. The Hall–Kier alpha value is -2.18. The average molecular weight is 304 g/mol. The van der Waals surface area contributed by atoms with Crippen molar-refractivity contribution in [3.63, 3.8) is 0 Å². The van der Waals surface area contributed by atoms with Crippen molar-refractivity contribution in [1.29, 1.82) is 0 Å². The van der Waals surface area contributed by atoms with E-state index in [1.54, 1.807) is 23.6 Å². The van der Waals surface area contributed by atoms with Gasteiger partial charge in [0.25, 0.3) is 5.91 Å². The third-order valence-corrected chi connectivity index (χ3v) is 3.51. The fourth-order valence-electron chi connectivity index (χ4n) is 1.75. The van der Waals surface area contributed by atoms with Crippen molar-refractivity contribution in [1.82, 2.24) is 5.32 Å². The normalized spacial score (nSPS) is 10.1. The molecular weight excluding hydrogens is 288 g/mol. The molecule has 1 aromatic heterocycles. The molecule has 2 aromatic rings. The highest BCUT2D eigenvalue weighted by Crippen LogP contribution is 2.10. The van der Waals surface area contributed by atoms with E-state index >= 15 is 0 Å². The van der Waals surface area contributed by atoms with Crippen LogP contribution in [0.25, 0.3) is 0 Å². The SMILES string of the molecule is O=C(CNC(=O)c1ccsc1)Nc1ccc(CCO)cc1. The highest BCUT2D eigenvalue weighted by Gasteiger charge is 2.08. The van der Waals surface area contributed by atoms with Crippen molar-refractivity contribution in [2.45, 2.75) is 6.42 Å². The molecule has 3 N–H and O–H groups in total. The molecule has 0 saturated carbocycles. The number of benzene rings is 1. The van der Waals surface area contributed by atoms with Crippen LogP contribution in [0.5, 0.6) is 0 Å². The van der Waals surface area contributed by atoms with E-state index in [2.05, 4.69) is 10.6 Å². The van der Waals surface area contributed by atoms with Crippen LogP contribution in [-0.4, -0.2) is 30.1 Å². The molecule has 21 heavy (non-hydrogen) atoms. The second kappa shape index (κ2) is 7.56. The third-order valence-electron chi connectivity index (χ3n) is 2.83. The number of carbonyl (C=O) groups is 2. The number of carbonyl (C=O) groups excluding carboxylic acids is 2. The van der Waals surface area contributed by atoms with Gasteiger partial charge in [-0.05, 0) is 35.6 Å². The van der Waals surface area contributed by atoms with E-state index in [9.17, 15) is 9.59 Å². The summed E-state index contributed by atoms with van der Waals surface area (Å²) >= 11 is 1.43. The van der Waals surface area contributed by atoms with Crippen LogP contribution in [0, 0.1) is 0 Å². The molecule has 5 nitrogen and oxygen atoms in total. The quantitative estimate of drug-likeness (QED) is 0.759. The predicted molar refractivity (Wildman–Crippen MR) is 82.5 cm³/mol. The van der Waals surface area contributed by atoms with Crippen LogP contribution in [0.15, 0.2) is 41.1 Å². The Morgan fingerprint density at radius 3 is 2.52 bits per heavy atom. The zero-order valence-electron chi connectivity index (χ0n) is 11.3. The van der Waals surface area contributed by atoms with E-state index < -0.39 is 0 Å². The minimum atomic E-state index is -0.284. The summed E-state index contributed by atoms with van der Waals surface area (Å²) in [6, 6.07) is 8.93. The summed E-state index contributed by atoms with van der Waals surface area (Å²) in [5, 5.41) is 17.6. The summed E-state index contributed by atoms with van der Waals surface area (Å²) < 4.78 is 0. The predicted octanol–water partition coefficient (Wildman–Crippen LogP) is 1.65. The molecule has 0 fully saturated rings. The Morgan fingerprint density at radius 1 is 1.14 bits per heavy atom. The lowest BCUT2D eigenvalue weighted by Gasteiger charge is -2.07. The Morgan fingerprint density at radius 2 is 1.90 bits per heavy atom. The zero-order chi connectivity index (χ0) is 15.1. The molecule has 6 heteroatoms. The highest BCUT2D eigenvalue weighted by molar-refractivity contribution is 7.08. The molecule has 0 radical (unpaired) electrons. The van der Waals surface area contributed by atoms with E-state index in [-0.39, 0.29) is 25.0 Å². The van der Waals surface area contributed by atoms with Crippen LogP contribution < -0.4 is 10.6 Å². The van der Waals surface area contributed by atoms with E-state index in [4.69, 9.17) is 5.11 Å². The van der Waals surface area contributed by atoms with Gasteiger partial charge in [0.05, 0.1) is 6.54 Å². The summed E-state index contributed by atoms with van der Waals surface area (Å²) in [6.45, 7) is 0.0212. The van der Waals surface area contributed by atoms with Crippen molar-refractivity contribution in [2.75, 3.05) is 18.5 Å². The lowest BCUT2D eigenvalue weighted by molar-refractivity contribution is -0.115. The van der Waals surface area contributed by atoms with Crippen LogP contribution in [0.3, 0.4) is 0 Å². The van der Waals surface area contributed by atoms with Gasteiger partial charge >= 0.3 is 0 Å². The maximum atomic E-state index is 11.7. The largest absolute Gasteiger partial charge is 0.396 e. The fourth-order valence-corrected chi connectivity index (χ4v) is 2.38. The van der Waals surface area contributed by atoms with Gasteiger partial charge in [-0.1, -0.05) is 12.1 Å². The zero-order valence-corrected chi connectivity index (χ0v) is 12.2. The lowest BCUT2D eigenvalue weighted by Crippen LogP contribution is -2.32.